The fraction of sp³-hybridized carbons (Fsp3) is 0.875. The Balaban J connectivity index is 2.33. The first-order valence-electron chi connectivity index (χ1n) is 4.30. The van der Waals surface area contributed by atoms with Crippen LogP contribution in [0.15, 0.2) is 0 Å². The molecule has 1 unspecified atom stereocenters. The van der Waals surface area contributed by atoms with Gasteiger partial charge in [0.15, 0.2) is 0 Å². The molecule has 0 radical (unpaired) electrons. The molecule has 70 valence electrons. The van der Waals surface area contributed by atoms with E-state index in [1.54, 1.807) is 4.90 Å². The molecule has 3 nitrogen and oxygen atoms in total. The lowest BCUT2D eigenvalue weighted by Crippen LogP contribution is -2.30. The summed E-state index contributed by atoms with van der Waals surface area (Å²) in [5.41, 5.74) is 0. The number of carbonyl (C=O) groups is 1. The number of hydrogen-bond donors (Lipinski definition) is 1. The maximum Gasteiger partial charge on any atom is 0.409 e. The molecule has 1 amide bonds. The van der Waals surface area contributed by atoms with Crippen LogP contribution in [0.25, 0.3) is 0 Å². The number of hydrogen-bond acceptors (Lipinski definition) is 3. The second-order valence-electron chi connectivity index (χ2n) is 3.02. The van der Waals surface area contributed by atoms with Crippen LogP contribution in [0.3, 0.4) is 0 Å². The summed E-state index contributed by atoms with van der Waals surface area (Å²) in [6.45, 7) is 4.19. The van der Waals surface area contributed by atoms with Gasteiger partial charge in [-0.25, -0.2) is 4.79 Å². The minimum atomic E-state index is -0.171. The Hall–Kier alpha value is -0.380. The summed E-state index contributed by atoms with van der Waals surface area (Å²) in [6.07, 6.45) is 0.892. The van der Waals surface area contributed by atoms with E-state index in [0.717, 1.165) is 25.3 Å². The highest BCUT2D eigenvalue weighted by molar-refractivity contribution is 7.80. The minimum absolute atomic E-state index is 0.171. The molecule has 0 bridgehead atoms. The van der Waals surface area contributed by atoms with Crippen molar-refractivity contribution in [3.05, 3.63) is 0 Å². The van der Waals surface area contributed by atoms with Gasteiger partial charge in [0.1, 0.15) is 6.61 Å². The van der Waals surface area contributed by atoms with Gasteiger partial charge in [0.2, 0.25) is 0 Å². The monoisotopic (exact) mass is 189 g/mol. The summed E-state index contributed by atoms with van der Waals surface area (Å²) in [4.78, 5) is 12.8. The lowest BCUT2D eigenvalue weighted by Gasteiger charge is -2.18. The normalized spacial score (nSPS) is 19.5. The third-order valence-electron chi connectivity index (χ3n) is 2.16. The molecule has 12 heavy (non-hydrogen) atoms. The van der Waals surface area contributed by atoms with E-state index < -0.39 is 0 Å². The molecular formula is C8H15NO2S. The van der Waals surface area contributed by atoms with E-state index in [0.29, 0.717) is 12.5 Å². The topological polar surface area (TPSA) is 29.5 Å². The lowest BCUT2D eigenvalue weighted by atomic mass is 10.1. The minimum Gasteiger partial charge on any atom is -0.448 e. The van der Waals surface area contributed by atoms with Crippen LogP contribution in [0.2, 0.25) is 0 Å². The van der Waals surface area contributed by atoms with E-state index in [2.05, 4.69) is 19.6 Å². The Morgan fingerprint density at radius 1 is 1.75 bits per heavy atom. The van der Waals surface area contributed by atoms with Crippen molar-refractivity contribution in [3.8, 4) is 0 Å². The van der Waals surface area contributed by atoms with E-state index in [1.165, 1.54) is 0 Å². The zero-order valence-electron chi connectivity index (χ0n) is 7.32. The SMILES string of the molecule is CCC(CS)CN1CCOC1=O. The van der Waals surface area contributed by atoms with Gasteiger partial charge in [0, 0.05) is 6.54 Å². The van der Waals surface area contributed by atoms with Gasteiger partial charge in [0.25, 0.3) is 0 Å². The molecule has 1 saturated heterocycles. The number of cyclic esters (lactones) is 1. The van der Waals surface area contributed by atoms with Gasteiger partial charge in [-0.2, -0.15) is 12.6 Å². The molecule has 0 aromatic carbocycles. The average Bonchev–Trinajstić information content (AvgIpc) is 2.47. The first-order chi connectivity index (χ1) is 5.77. The summed E-state index contributed by atoms with van der Waals surface area (Å²) >= 11 is 4.22. The third-order valence-corrected chi connectivity index (χ3v) is 2.68. The molecule has 1 aliphatic rings. The van der Waals surface area contributed by atoms with Gasteiger partial charge < -0.3 is 9.64 Å². The molecule has 1 atom stereocenters. The first-order valence-corrected chi connectivity index (χ1v) is 4.93. The van der Waals surface area contributed by atoms with Crippen LogP contribution in [0, 0.1) is 5.92 Å². The van der Waals surface area contributed by atoms with Gasteiger partial charge in [-0.3, -0.25) is 0 Å². The lowest BCUT2D eigenvalue weighted by molar-refractivity contribution is 0.155. The maximum atomic E-state index is 11.0. The molecule has 0 aromatic heterocycles. The fourth-order valence-electron chi connectivity index (χ4n) is 1.22. The molecule has 0 spiro atoms. The molecule has 0 N–H and O–H groups in total. The number of nitrogens with zero attached hydrogens (tertiary/aromatic N) is 1. The van der Waals surface area contributed by atoms with Crippen molar-refractivity contribution in [2.24, 2.45) is 5.92 Å². The van der Waals surface area contributed by atoms with E-state index in [1.807, 2.05) is 0 Å². The summed E-state index contributed by atoms with van der Waals surface area (Å²) in [5, 5.41) is 0. The van der Waals surface area contributed by atoms with Crippen molar-refractivity contribution in [2.75, 3.05) is 25.4 Å². The largest absolute Gasteiger partial charge is 0.448 e. The average molecular weight is 189 g/mol. The molecule has 4 heteroatoms. The number of carbonyl (C=O) groups excluding carboxylic acids is 1. The van der Waals surface area contributed by atoms with Gasteiger partial charge in [0.05, 0.1) is 6.54 Å². The molecule has 0 saturated carbocycles. The van der Waals surface area contributed by atoms with Crippen LogP contribution in [-0.4, -0.2) is 36.4 Å². The molecular weight excluding hydrogens is 174 g/mol. The van der Waals surface area contributed by atoms with Crippen LogP contribution in [0.1, 0.15) is 13.3 Å². The zero-order chi connectivity index (χ0) is 8.97. The highest BCUT2D eigenvalue weighted by atomic mass is 32.1. The van der Waals surface area contributed by atoms with Crippen molar-refractivity contribution < 1.29 is 9.53 Å². The molecule has 0 aromatic rings. The second-order valence-corrected chi connectivity index (χ2v) is 3.38. The molecule has 1 aliphatic heterocycles. The second kappa shape index (κ2) is 4.60. The van der Waals surface area contributed by atoms with Crippen LogP contribution in [-0.2, 0) is 4.74 Å². The van der Waals surface area contributed by atoms with E-state index in [4.69, 9.17) is 4.74 Å². The van der Waals surface area contributed by atoms with E-state index in [9.17, 15) is 4.79 Å². The van der Waals surface area contributed by atoms with Crippen molar-refractivity contribution in [1.82, 2.24) is 4.90 Å². The molecule has 0 aliphatic carbocycles. The van der Waals surface area contributed by atoms with Crippen LogP contribution >= 0.6 is 12.6 Å². The fourth-order valence-corrected chi connectivity index (χ4v) is 1.59. The number of amides is 1. The molecule has 1 fully saturated rings. The van der Waals surface area contributed by atoms with Gasteiger partial charge in [-0.1, -0.05) is 13.3 Å². The summed E-state index contributed by atoms with van der Waals surface area (Å²) in [6, 6.07) is 0. The van der Waals surface area contributed by atoms with Crippen LogP contribution < -0.4 is 0 Å². The Morgan fingerprint density at radius 3 is 2.92 bits per heavy atom. The third kappa shape index (κ3) is 2.30. The number of ether oxygens (including phenoxy) is 1. The van der Waals surface area contributed by atoms with Gasteiger partial charge >= 0.3 is 6.09 Å². The highest BCUT2D eigenvalue weighted by Crippen LogP contribution is 2.11. The Kier molecular flexibility index (Phi) is 3.72. The van der Waals surface area contributed by atoms with Crippen molar-refractivity contribution >= 4 is 18.7 Å². The quantitative estimate of drug-likeness (QED) is 0.677. The molecule has 1 rings (SSSR count). The summed E-state index contributed by atoms with van der Waals surface area (Å²) in [7, 11) is 0. The zero-order valence-corrected chi connectivity index (χ0v) is 8.22. The number of rotatable bonds is 4. The van der Waals surface area contributed by atoms with Gasteiger partial charge in [-0.15, -0.1) is 0 Å². The molecule has 1 heterocycles. The van der Waals surface area contributed by atoms with Crippen LogP contribution in [0.4, 0.5) is 4.79 Å². The summed E-state index contributed by atoms with van der Waals surface area (Å²) < 4.78 is 4.82. The number of thiol groups is 1. The predicted molar refractivity (Wildman–Crippen MR) is 50.6 cm³/mol. The highest BCUT2D eigenvalue weighted by Gasteiger charge is 2.23. The van der Waals surface area contributed by atoms with Crippen molar-refractivity contribution in [1.29, 1.82) is 0 Å². The van der Waals surface area contributed by atoms with E-state index in [-0.39, 0.29) is 6.09 Å². The Bertz CT molecular complexity index is 159. The predicted octanol–water partition coefficient (Wildman–Crippen LogP) is 1.39. The summed E-state index contributed by atoms with van der Waals surface area (Å²) in [5.74, 6) is 1.33. The first kappa shape index (κ1) is 9.71. The van der Waals surface area contributed by atoms with Crippen LogP contribution in [0.5, 0.6) is 0 Å². The van der Waals surface area contributed by atoms with E-state index >= 15 is 0 Å². The smallest absolute Gasteiger partial charge is 0.409 e. The van der Waals surface area contributed by atoms with Crippen molar-refractivity contribution in [3.63, 3.8) is 0 Å². The maximum absolute atomic E-state index is 11.0. The van der Waals surface area contributed by atoms with Gasteiger partial charge in [-0.05, 0) is 11.7 Å². The standard InChI is InChI=1S/C8H15NO2S/c1-2-7(6-12)5-9-3-4-11-8(9)10/h7,12H,2-6H2,1H3. The Labute approximate surface area is 78.5 Å². The Morgan fingerprint density at radius 2 is 2.50 bits per heavy atom. The van der Waals surface area contributed by atoms with Crippen molar-refractivity contribution in [2.45, 2.75) is 13.3 Å².